The lowest BCUT2D eigenvalue weighted by molar-refractivity contribution is 0.109. The summed E-state index contributed by atoms with van der Waals surface area (Å²) in [5.74, 6) is 2.21. The Bertz CT molecular complexity index is 278. The van der Waals surface area contributed by atoms with Crippen molar-refractivity contribution in [3.63, 3.8) is 0 Å². The van der Waals surface area contributed by atoms with E-state index in [0.717, 1.165) is 6.42 Å². The van der Waals surface area contributed by atoms with Gasteiger partial charge in [-0.2, -0.15) is 0 Å². The van der Waals surface area contributed by atoms with Crippen molar-refractivity contribution in [2.75, 3.05) is 5.75 Å². The highest BCUT2D eigenvalue weighted by Gasteiger charge is 2.22. The highest BCUT2D eigenvalue weighted by molar-refractivity contribution is 7.99. The molecule has 1 unspecified atom stereocenters. The predicted octanol–water partition coefficient (Wildman–Crippen LogP) is 2.06. The molecule has 0 amide bonds. The predicted molar refractivity (Wildman–Crippen MR) is 46.3 cm³/mol. The smallest absolute Gasteiger partial charge is 0.208 e. The van der Waals surface area contributed by atoms with Crippen molar-refractivity contribution in [2.45, 2.75) is 18.1 Å². The second-order valence-corrected chi connectivity index (χ2v) is 4.03. The number of aldehydes is 1. The van der Waals surface area contributed by atoms with E-state index < -0.39 is 0 Å². The molecule has 0 radical (unpaired) electrons. The molecule has 1 aliphatic heterocycles. The number of hydrogen-bond acceptors (Lipinski definition) is 4. The summed E-state index contributed by atoms with van der Waals surface area (Å²) in [6.45, 7) is 0. The number of oxazole rings is 1. The fourth-order valence-electron chi connectivity index (χ4n) is 1.28. The van der Waals surface area contributed by atoms with Gasteiger partial charge in [-0.1, -0.05) is 0 Å². The van der Waals surface area contributed by atoms with Gasteiger partial charge in [-0.15, -0.1) is 11.8 Å². The Morgan fingerprint density at radius 1 is 1.75 bits per heavy atom. The molecule has 4 heteroatoms. The Labute approximate surface area is 74.5 Å². The lowest BCUT2D eigenvalue weighted by Crippen LogP contribution is -1.86. The van der Waals surface area contributed by atoms with Crippen LogP contribution in [0.5, 0.6) is 0 Å². The first kappa shape index (κ1) is 7.86. The van der Waals surface area contributed by atoms with Crippen LogP contribution in [0.15, 0.2) is 10.6 Å². The van der Waals surface area contributed by atoms with Crippen molar-refractivity contribution in [3.8, 4) is 0 Å². The Kier molecular flexibility index (Phi) is 2.17. The first-order valence-electron chi connectivity index (χ1n) is 3.92. The molecule has 0 aliphatic carbocycles. The van der Waals surface area contributed by atoms with Crippen molar-refractivity contribution < 1.29 is 9.21 Å². The van der Waals surface area contributed by atoms with Gasteiger partial charge in [-0.25, -0.2) is 4.98 Å². The van der Waals surface area contributed by atoms with Crippen LogP contribution in [0.4, 0.5) is 0 Å². The second-order valence-electron chi connectivity index (χ2n) is 2.72. The highest BCUT2D eigenvalue weighted by atomic mass is 32.2. The summed E-state index contributed by atoms with van der Waals surface area (Å²) in [5.41, 5.74) is 0. The molecule has 1 saturated heterocycles. The van der Waals surface area contributed by atoms with Crippen LogP contribution in [-0.2, 0) is 0 Å². The van der Waals surface area contributed by atoms with Crippen molar-refractivity contribution in [2.24, 2.45) is 0 Å². The van der Waals surface area contributed by atoms with Gasteiger partial charge in [0, 0.05) is 0 Å². The summed E-state index contributed by atoms with van der Waals surface area (Å²) in [6, 6.07) is 0. The minimum Gasteiger partial charge on any atom is -0.437 e. The molecular formula is C8H9NO2S. The number of carbonyl (C=O) groups excluding carboxylic acids is 1. The summed E-state index contributed by atoms with van der Waals surface area (Å²) in [5, 5.41) is 0.374. The molecule has 0 bridgehead atoms. The average molecular weight is 183 g/mol. The van der Waals surface area contributed by atoms with E-state index in [9.17, 15) is 4.79 Å². The Balaban J connectivity index is 2.16. The van der Waals surface area contributed by atoms with Crippen LogP contribution in [0, 0.1) is 0 Å². The monoisotopic (exact) mass is 183 g/mol. The van der Waals surface area contributed by atoms with Crippen LogP contribution >= 0.6 is 11.8 Å². The number of rotatable bonds is 2. The van der Waals surface area contributed by atoms with E-state index in [1.165, 1.54) is 18.4 Å². The van der Waals surface area contributed by atoms with Gasteiger partial charge in [-0.05, 0) is 18.6 Å². The molecule has 3 nitrogen and oxygen atoms in total. The molecule has 0 saturated carbocycles. The topological polar surface area (TPSA) is 43.1 Å². The maximum absolute atomic E-state index is 10.3. The van der Waals surface area contributed by atoms with Crippen LogP contribution in [0.1, 0.15) is 34.5 Å². The third-order valence-corrected chi connectivity index (χ3v) is 3.23. The second kappa shape index (κ2) is 3.31. The summed E-state index contributed by atoms with van der Waals surface area (Å²) in [4.78, 5) is 14.3. The van der Waals surface area contributed by atoms with Gasteiger partial charge >= 0.3 is 0 Å². The van der Waals surface area contributed by atoms with Crippen molar-refractivity contribution in [3.05, 3.63) is 17.8 Å². The molecule has 1 atom stereocenters. The molecule has 1 aliphatic rings. The maximum atomic E-state index is 10.3. The summed E-state index contributed by atoms with van der Waals surface area (Å²) in [7, 11) is 0. The zero-order valence-corrected chi connectivity index (χ0v) is 7.34. The minimum absolute atomic E-state index is 0.331. The number of nitrogens with zero attached hydrogens (tertiary/aromatic N) is 1. The minimum atomic E-state index is 0.331. The van der Waals surface area contributed by atoms with Gasteiger partial charge in [0.25, 0.3) is 0 Å². The Morgan fingerprint density at radius 3 is 3.25 bits per heavy atom. The highest BCUT2D eigenvalue weighted by Crippen LogP contribution is 2.39. The molecule has 64 valence electrons. The van der Waals surface area contributed by atoms with Crippen LogP contribution < -0.4 is 0 Å². The number of thioether (sulfide) groups is 1. The van der Waals surface area contributed by atoms with E-state index in [0.29, 0.717) is 23.2 Å². The molecule has 1 fully saturated rings. The van der Waals surface area contributed by atoms with Gasteiger partial charge in [-0.3, -0.25) is 4.79 Å². The molecule has 1 aromatic rings. The number of aromatic nitrogens is 1. The average Bonchev–Trinajstić information content (AvgIpc) is 2.75. The molecule has 0 spiro atoms. The van der Waals surface area contributed by atoms with Gasteiger partial charge in [0.15, 0.2) is 12.0 Å². The van der Waals surface area contributed by atoms with E-state index in [4.69, 9.17) is 4.42 Å². The lowest BCUT2D eigenvalue weighted by atomic mass is 10.2. The number of hydrogen-bond donors (Lipinski definition) is 0. The Hall–Kier alpha value is -0.770. The standard InChI is InChI=1S/C8H9NO2S/c10-5-6-4-9-8(11-6)7-2-1-3-12-7/h4-5,7H,1-3H2. The van der Waals surface area contributed by atoms with E-state index in [2.05, 4.69) is 4.98 Å². The quantitative estimate of drug-likeness (QED) is 0.658. The fourth-order valence-corrected chi connectivity index (χ4v) is 2.48. The molecule has 12 heavy (non-hydrogen) atoms. The summed E-state index contributed by atoms with van der Waals surface area (Å²) < 4.78 is 5.22. The normalized spacial score (nSPS) is 22.8. The Morgan fingerprint density at radius 2 is 2.67 bits per heavy atom. The molecule has 2 rings (SSSR count). The largest absolute Gasteiger partial charge is 0.437 e. The van der Waals surface area contributed by atoms with E-state index in [1.807, 2.05) is 11.8 Å². The van der Waals surface area contributed by atoms with Gasteiger partial charge < -0.3 is 4.42 Å². The molecular weight excluding hydrogens is 174 g/mol. The maximum Gasteiger partial charge on any atom is 0.208 e. The van der Waals surface area contributed by atoms with E-state index in [-0.39, 0.29) is 0 Å². The fraction of sp³-hybridized carbons (Fsp3) is 0.500. The summed E-state index contributed by atoms with van der Waals surface area (Å²) >= 11 is 1.85. The van der Waals surface area contributed by atoms with Gasteiger partial charge in [0.2, 0.25) is 5.89 Å². The SMILES string of the molecule is O=Cc1cnc(C2CCCS2)o1. The van der Waals surface area contributed by atoms with Gasteiger partial charge in [0.1, 0.15) is 0 Å². The zero-order valence-electron chi connectivity index (χ0n) is 6.53. The number of carbonyl (C=O) groups is 1. The van der Waals surface area contributed by atoms with Crippen LogP contribution in [-0.4, -0.2) is 17.0 Å². The third-order valence-electron chi connectivity index (χ3n) is 1.86. The first-order valence-corrected chi connectivity index (χ1v) is 4.97. The molecule has 0 N–H and O–H groups in total. The van der Waals surface area contributed by atoms with Crippen LogP contribution in [0.3, 0.4) is 0 Å². The lowest BCUT2D eigenvalue weighted by Gasteiger charge is -2.00. The third kappa shape index (κ3) is 1.39. The van der Waals surface area contributed by atoms with Crippen LogP contribution in [0.25, 0.3) is 0 Å². The first-order chi connectivity index (χ1) is 5.90. The molecule has 0 aromatic carbocycles. The van der Waals surface area contributed by atoms with Crippen LogP contribution in [0.2, 0.25) is 0 Å². The molecule has 2 heterocycles. The zero-order chi connectivity index (χ0) is 8.39. The van der Waals surface area contributed by atoms with E-state index in [1.54, 1.807) is 0 Å². The van der Waals surface area contributed by atoms with E-state index >= 15 is 0 Å². The molecule has 1 aromatic heterocycles. The summed E-state index contributed by atoms with van der Waals surface area (Å²) in [6.07, 6.45) is 4.51. The van der Waals surface area contributed by atoms with Crippen molar-refractivity contribution in [1.82, 2.24) is 4.98 Å². The van der Waals surface area contributed by atoms with Crippen molar-refractivity contribution >= 4 is 18.0 Å². The van der Waals surface area contributed by atoms with Gasteiger partial charge in [0.05, 0.1) is 11.4 Å². The van der Waals surface area contributed by atoms with Crippen molar-refractivity contribution in [1.29, 1.82) is 0 Å².